The number of carbonyl (C=O) groups is 2. The van der Waals surface area contributed by atoms with Crippen LogP contribution in [0.3, 0.4) is 0 Å². The SMILES string of the molecule is O=C(CCc1ncc(-c2ccccc2)o1)N1CCN(C(=O)c2ccc(F)c(F)c2)CC1. The minimum Gasteiger partial charge on any atom is -0.441 e. The Morgan fingerprint density at radius 3 is 2.35 bits per heavy atom. The van der Waals surface area contributed by atoms with Gasteiger partial charge in [0, 0.05) is 50.1 Å². The van der Waals surface area contributed by atoms with Crippen molar-refractivity contribution in [1.29, 1.82) is 0 Å². The number of oxazole rings is 1. The Kier molecular flexibility index (Phi) is 6.06. The highest BCUT2D eigenvalue weighted by atomic mass is 19.2. The van der Waals surface area contributed by atoms with Crippen molar-refractivity contribution in [1.82, 2.24) is 14.8 Å². The van der Waals surface area contributed by atoms with Crippen LogP contribution in [0.1, 0.15) is 22.7 Å². The number of carbonyl (C=O) groups excluding carboxylic acids is 2. The number of aryl methyl sites for hydroxylation is 1. The third kappa shape index (κ3) is 4.79. The van der Waals surface area contributed by atoms with E-state index in [1.807, 2.05) is 30.3 Å². The fourth-order valence-corrected chi connectivity index (χ4v) is 3.50. The van der Waals surface area contributed by atoms with E-state index in [0.29, 0.717) is 44.3 Å². The van der Waals surface area contributed by atoms with E-state index in [2.05, 4.69) is 4.98 Å². The van der Waals surface area contributed by atoms with Gasteiger partial charge in [-0.15, -0.1) is 0 Å². The molecule has 1 aromatic heterocycles. The van der Waals surface area contributed by atoms with Gasteiger partial charge < -0.3 is 14.2 Å². The summed E-state index contributed by atoms with van der Waals surface area (Å²) in [6, 6.07) is 12.7. The summed E-state index contributed by atoms with van der Waals surface area (Å²) in [6.45, 7) is 1.44. The molecule has 0 atom stereocenters. The predicted octanol–water partition coefficient (Wildman–Crippen LogP) is 3.54. The van der Waals surface area contributed by atoms with E-state index in [-0.39, 0.29) is 23.8 Å². The molecule has 6 nitrogen and oxygen atoms in total. The molecule has 0 aliphatic carbocycles. The molecule has 4 rings (SSSR count). The number of aromatic nitrogens is 1. The van der Waals surface area contributed by atoms with Crippen molar-refractivity contribution in [2.75, 3.05) is 26.2 Å². The van der Waals surface area contributed by atoms with Crippen LogP contribution in [0.5, 0.6) is 0 Å². The number of hydrogen-bond donors (Lipinski definition) is 0. The van der Waals surface area contributed by atoms with Gasteiger partial charge in [-0.25, -0.2) is 13.8 Å². The van der Waals surface area contributed by atoms with Crippen molar-refractivity contribution in [2.24, 2.45) is 0 Å². The first-order valence-corrected chi connectivity index (χ1v) is 10.0. The smallest absolute Gasteiger partial charge is 0.254 e. The second-order valence-electron chi connectivity index (χ2n) is 7.29. The molecule has 2 aromatic carbocycles. The maximum atomic E-state index is 13.4. The Bertz CT molecular complexity index is 1080. The summed E-state index contributed by atoms with van der Waals surface area (Å²) in [4.78, 5) is 32.5. The Labute approximate surface area is 178 Å². The minimum absolute atomic E-state index is 0.0422. The number of rotatable bonds is 5. The molecule has 0 radical (unpaired) electrons. The monoisotopic (exact) mass is 425 g/mol. The molecule has 0 unspecified atom stereocenters. The molecule has 3 aromatic rings. The van der Waals surface area contributed by atoms with Crippen molar-refractivity contribution >= 4 is 11.8 Å². The van der Waals surface area contributed by atoms with Crippen LogP contribution in [-0.4, -0.2) is 52.8 Å². The van der Waals surface area contributed by atoms with Crippen LogP contribution in [0.2, 0.25) is 0 Å². The first-order chi connectivity index (χ1) is 15.0. The van der Waals surface area contributed by atoms with E-state index in [4.69, 9.17) is 4.42 Å². The summed E-state index contributed by atoms with van der Waals surface area (Å²) in [6.07, 6.45) is 2.29. The maximum absolute atomic E-state index is 13.4. The molecule has 0 spiro atoms. The molecular weight excluding hydrogens is 404 g/mol. The number of hydrogen-bond acceptors (Lipinski definition) is 4. The van der Waals surface area contributed by atoms with Gasteiger partial charge in [-0.3, -0.25) is 9.59 Å². The Morgan fingerprint density at radius 1 is 0.935 bits per heavy atom. The zero-order valence-corrected chi connectivity index (χ0v) is 16.8. The number of piperazine rings is 1. The van der Waals surface area contributed by atoms with Crippen LogP contribution in [0.15, 0.2) is 59.1 Å². The van der Waals surface area contributed by atoms with Crippen LogP contribution in [0.4, 0.5) is 8.78 Å². The lowest BCUT2D eigenvalue weighted by Gasteiger charge is -2.34. The van der Waals surface area contributed by atoms with Crippen molar-refractivity contribution in [3.05, 3.63) is 77.8 Å². The summed E-state index contributed by atoms with van der Waals surface area (Å²) < 4.78 is 32.2. The predicted molar refractivity (Wildman–Crippen MR) is 109 cm³/mol. The van der Waals surface area contributed by atoms with Gasteiger partial charge in [-0.2, -0.15) is 0 Å². The zero-order valence-electron chi connectivity index (χ0n) is 16.8. The molecule has 2 heterocycles. The Morgan fingerprint density at radius 2 is 1.65 bits per heavy atom. The molecule has 1 saturated heterocycles. The number of nitrogens with zero attached hydrogens (tertiary/aromatic N) is 3. The van der Waals surface area contributed by atoms with Gasteiger partial charge in [0.05, 0.1) is 6.20 Å². The van der Waals surface area contributed by atoms with E-state index < -0.39 is 11.6 Å². The van der Waals surface area contributed by atoms with Crippen molar-refractivity contribution in [3.63, 3.8) is 0 Å². The van der Waals surface area contributed by atoms with Crippen LogP contribution in [-0.2, 0) is 11.2 Å². The van der Waals surface area contributed by atoms with Crippen LogP contribution < -0.4 is 0 Å². The molecule has 8 heteroatoms. The molecule has 0 saturated carbocycles. The fraction of sp³-hybridized carbons (Fsp3) is 0.261. The Balaban J connectivity index is 1.27. The van der Waals surface area contributed by atoms with E-state index in [1.165, 1.54) is 11.0 Å². The van der Waals surface area contributed by atoms with Crippen molar-refractivity contribution < 1.29 is 22.8 Å². The number of amides is 2. The van der Waals surface area contributed by atoms with Gasteiger partial charge in [0.25, 0.3) is 5.91 Å². The summed E-state index contributed by atoms with van der Waals surface area (Å²) in [5, 5.41) is 0. The highest BCUT2D eigenvalue weighted by molar-refractivity contribution is 5.94. The molecular formula is C23H21F2N3O3. The van der Waals surface area contributed by atoms with E-state index in [9.17, 15) is 18.4 Å². The summed E-state index contributed by atoms with van der Waals surface area (Å²) in [5.41, 5.74) is 1.02. The summed E-state index contributed by atoms with van der Waals surface area (Å²) >= 11 is 0. The fourth-order valence-electron chi connectivity index (χ4n) is 3.50. The average molecular weight is 425 g/mol. The lowest BCUT2D eigenvalue weighted by atomic mass is 10.1. The second-order valence-corrected chi connectivity index (χ2v) is 7.29. The third-order valence-corrected chi connectivity index (χ3v) is 5.25. The van der Waals surface area contributed by atoms with Gasteiger partial charge in [0.15, 0.2) is 23.3 Å². The first-order valence-electron chi connectivity index (χ1n) is 10.0. The van der Waals surface area contributed by atoms with Gasteiger partial charge in [0.1, 0.15) is 0 Å². The normalized spacial score (nSPS) is 14.0. The number of benzene rings is 2. The molecule has 2 amide bonds. The quantitative estimate of drug-likeness (QED) is 0.627. The maximum Gasteiger partial charge on any atom is 0.254 e. The zero-order chi connectivity index (χ0) is 21.8. The molecule has 1 fully saturated rings. The molecule has 1 aliphatic rings. The first kappa shape index (κ1) is 20.7. The van der Waals surface area contributed by atoms with E-state index >= 15 is 0 Å². The van der Waals surface area contributed by atoms with E-state index in [1.54, 1.807) is 11.1 Å². The third-order valence-electron chi connectivity index (χ3n) is 5.25. The van der Waals surface area contributed by atoms with Crippen molar-refractivity contribution in [2.45, 2.75) is 12.8 Å². The topological polar surface area (TPSA) is 66.7 Å². The molecule has 0 N–H and O–H groups in total. The second kappa shape index (κ2) is 9.07. The highest BCUT2D eigenvalue weighted by Crippen LogP contribution is 2.20. The molecule has 160 valence electrons. The molecule has 31 heavy (non-hydrogen) atoms. The number of halogens is 2. The standard InChI is InChI=1S/C23H21F2N3O3/c24-18-7-6-17(14-19(18)25)23(30)28-12-10-27(11-13-28)22(29)9-8-21-26-15-20(31-21)16-4-2-1-3-5-16/h1-7,14-15H,8-13H2. The van der Waals surface area contributed by atoms with Gasteiger partial charge in [0.2, 0.25) is 5.91 Å². The van der Waals surface area contributed by atoms with Gasteiger partial charge in [-0.05, 0) is 18.2 Å². The van der Waals surface area contributed by atoms with Crippen LogP contribution >= 0.6 is 0 Å². The van der Waals surface area contributed by atoms with E-state index in [0.717, 1.165) is 17.7 Å². The van der Waals surface area contributed by atoms with Crippen LogP contribution in [0.25, 0.3) is 11.3 Å². The van der Waals surface area contributed by atoms with Crippen molar-refractivity contribution in [3.8, 4) is 11.3 Å². The van der Waals surface area contributed by atoms with Crippen LogP contribution in [0, 0.1) is 11.6 Å². The molecule has 0 bridgehead atoms. The lowest BCUT2D eigenvalue weighted by molar-refractivity contribution is -0.132. The largest absolute Gasteiger partial charge is 0.441 e. The van der Waals surface area contributed by atoms with Gasteiger partial charge in [-0.1, -0.05) is 30.3 Å². The minimum atomic E-state index is -1.05. The Hall–Kier alpha value is -3.55. The summed E-state index contributed by atoms with van der Waals surface area (Å²) in [5.74, 6) is -1.30. The average Bonchev–Trinajstić information content (AvgIpc) is 3.29. The van der Waals surface area contributed by atoms with Gasteiger partial charge >= 0.3 is 0 Å². The summed E-state index contributed by atoms with van der Waals surface area (Å²) in [7, 11) is 0. The molecule has 1 aliphatic heterocycles. The highest BCUT2D eigenvalue weighted by Gasteiger charge is 2.25. The lowest BCUT2D eigenvalue weighted by Crippen LogP contribution is -2.50.